The smallest absolute Gasteiger partial charge is 0.227 e. The van der Waals surface area contributed by atoms with Crippen LogP contribution in [-0.2, 0) is 11.2 Å². The number of aliphatic hydroxyl groups excluding tert-OH is 1. The highest BCUT2D eigenvalue weighted by atomic mass is 16.3. The van der Waals surface area contributed by atoms with Gasteiger partial charge in [-0.2, -0.15) is 0 Å². The molecule has 1 aromatic carbocycles. The lowest BCUT2D eigenvalue weighted by molar-refractivity contribution is -0.131. The molecule has 1 aromatic rings. The number of aromatic hydroxyl groups is 1. The van der Waals surface area contributed by atoms with Crippen molar-refractivity contribution in [3.05, 3.63) is 29.8 Å². The van der Waals surface area contributed by atoms with E-state index in [1.807, 2.05) is 0 Å². The molecule has 0 aliphatic rings. The van der Waals surface area contributed by atoms with Crippen molar-refractivity contribution in [1.29, 1.82) is 0 Å². The normalized spacial score (nSPS) is 12.2. The van der Waals surface area contributed by atoms with Crippen LogP contribution >= 0.6 is 0 Å². The number of likely N-dealkylation sites (N-methyl/N-ethyl adjacent to an activating group) is 1. The van der Waals surface area contributed by atoms with Gasteiger partial charge >= 0.3 is 0 Å². The molecule has 0 heterocycles. The summed E-state index contributed by atoms with van der Waals surface area (Å²) in [6.07, 6.45) is 0.231. The average Bonchev–Trinajstić information content (AvgIpc) is 2.27. The maximum absolute atomic E-state index is 11.8. The number of phenols is 1. The first kappa shape index (κ1) is 12.5. The molecule has 2 N–H and O–H groups in total. The summed E-state index contributed by atoms with van der Waals surface area (Å²) in [6, 6.07) is 6.43. The van der Waals surface area contributed by atoms with E-state index in [4.69, 9.17) is 5.11 Å². The summed E-state index contributed by atoms with van der Waals surface area (Å²) in [7, 11) is 1.66. The second kappa shape index (κ2) is 5.51. The van der Waals surface area contributed by atoms with E-state index in [1.165, 1.54) is 4.90 Å². The van der Waals surface area contributed by atoms with Gasteiger partial charge in [0.25, 0.3) is 0 Å². The Morgan fingerprint density at radius 3 is 2.75 bits per heavy atom. The Balaban J connectivity index is 2.64. The molecule has 0 aromatic heterocycles. The maximum Gasteiger partial charge on any atom is 0.227 e. The molecule has 0 aliphatic heterocycles. The SMILES string of the molecule is CC(CO)N(C)C(=O)Cc1cccc(O)c1. The van der Waals surface area contributed by atoms with E-state index in [-0.39, 0.29) is 30.7 Å². The van der Waals surface area contributed by atoms with Crippen molar-refractivity contribution in [2.45, 2.75) is 19.4 Å². The minimum absolute atomic E-state index is 0.0533. The second-order valence-electron chi connectivity index (χ2n) is 3.88. The third kappa shape index (κ3) is 3.24. The van der Waals surface area contributed by atoms with Crippen LogP contribution in [0.15, 0.2) is 24.3 Å². The largest absolute Gasteiger partial charge is 0.508 e. The number of aliphatic hydroxyl groups is 1. The molecule has 0 aliphatic carbocycles. The molecule has 1 atom stereocenters. The lowest BCUT2D eigenvalue weighted by atomic mass is 10.1. The van der Waals surface area contributed by atoms with Gasteiger partial charge in [-0.1, -0.05) is 12.1 Å². The highest BCUT2D eigenvalue weighted by Gasteiger charge is 2.15. The first-order valence-electron chi connectivity index (χ1n) is 5.19. The maximum atomic E-state index is 11.8. The van der Waals surface area contributed by atoms with Crippen molar-refractivity contribution in [3.8, 4) is 5.75 Å². The molecule has 0 fully saturated rings. The van der Waals surface area contributed by atoms with Crippen LogP contribution in [0.5, 0.6) is 5.75 Å². The summed E-state index contributed by atoms with van der Waals surface area (Å²) in [4.78, 5) is 13.3. The van der Waals surface area contributed by atoms with Gasteiger partial charge in [0, 0.05) is 7.05 Å². The number of nitrogens with zero attached hydrogens (tertiary/aromatic N) is 1. The quantitative estimate of drug-likeness (QED) is 0.792. The Morgan fingerprint density at radius 1 is 1.50 bits per heavy atom. The monoisotopic (exact) mass is 223 g/mol. The van der Waals surface area contributed by atoms with Crippen LogP contribution in [0, 0.1) is 0 Å². The average molecular weight is 223 g/mol. The molecule has 0 saturated carbocycles. The van der Waals surface area contributed by atoms with Gasteiger partial charge in [0.15, 0.2) is 0 Å². The van der Waals surface area contributed by atoms with Crippen LogP contribution in [-0.4, -0.2) is 40.7 Å². The Labute approximate surface area is 95.1 Å². The summed E-state index contributed by atoms with van der Waals surface area (Å²) in [6.45, 7) is 1.72. The van der Waals surface area contributed by atoms with E-state index in [9.17, 15) is 9.90 Å². The van der Waals surface area contributed by atoms with E-state index in [2.05, 4.69) is 0 Å². The van der Waals surface area contributed by atoms with Crippen LogP contribution in [0.3, 0.4) is 0 Å². The number of amides is 1. The van der Waals surface area contributed by atoms with Crippen LogP contribution < -0.4 is 0 Å². The molecular formula is C12H17NO3. The standard InChI is InChI=1S/C12H17NO3/c1-9(8-14)13(2)12(16)7-10-4-3-5-11(15)6-10/h3-6,9,14-15H,7-8H2,1-2H3. The predicted molar refractivity (Wildman–Crippen MR) is 61.1 cm³/mol. The molecule has 0 spiro atoms. The van der Waals surface area contributed by atoms with Gasteiger partial charge in [0.05, 0.1) is 19.1 Å². The molecule has 88 valence electrons. The van der Waals surface area contributed by atoms with Gasteiger partial charge in [0.1, 0.15) is 5.75 Å². The first-order valence-corrected chi connectivity index (χ1v) is 5.19. The number of benzene rings is 1. The van der Waals surface area contributed by atoms with Gasteiger partial charge in [-0.05, 0) is 24.6 Å². The van der Waals surface area contributed by atoms with E-state index in [0.29, 0.717) is 0 Å². The first-order chi connectivity index (χ1) is 7.54. The number of phenolic OH excluding ortho intramolecular Hbond substituents is 1. The Bertz CT molecular complexity index is 365. The number of carbonyl (C=O) groups excluding carboxylic acids is 1. The van der Waals surface area contributed by atoms with Gasteiger partial charge in [-0.3, -0.25) is 4.79 Å². The number of carbonyl (C=O) groups is 1. The van der Waals surface area contributed by atoms with E-state index in [0.717, 1.165) is 5.56 Å². The third-order valence-electron chi connectivity index (χ3n) is 2.58. The summed E-state index contributed by atoms with van der Waals surface area (Å²) < 4.78 is 0. The predicted octanol–water partition coefficient (Wildman–Crippen LogP) is 0.774. The molecule has 0 radical (unpaired) electrons. The fraction of sp³-hybridized carbons (Fsp3) is 0.417. The van der Waals surface area contributed by atoms with Gasteiger partial charge < -0.3 is 15.1 Å². The molecule has 4 heteroatoms. The van der Waals surface area contributed by atoms with E-state index in [1.54, 1.807) is 38.2 Å². The highest BCUT2D eigenvalue weighted by molar-refractivity contribution is 5.78. The van der Waals surface area contributed by atoms with Crippen molar-refractivity contribution in [2.75, 3.05) is 13.7 Å². The van der Waals surface area contributed by atoms with Crippen molar-refractivity contribution in [3.63, 3.8) is 0 Å². The topological polar surface area (TPSA) is 60.8 Å². The van der Waals surface area contributed by atoms with Crippen molar-refractivity contribution in [1.82, 2.24) is 4.90 Å². The summed E-state index contributed by atoms with van der Waals surface area (Å²) in [5.41, 5.74) is 0.766. The van der Waals surface area contributed by atoms with Crippen molar-refractivity contribution >= 4 is 5.91 Å². The van der Waals surface area contributed by atoms with Crippen molar-refractivity contribution < 1.29 is 15.0 Å². The fourth-order valence-corrected chi connectivity index (χ4v) is 1.33. The van der Waals surface area contributed by atoms with Crippen LogP contribution in [0.2, 0.25) is 0 Å². The van der Waals surface area contributed by atoms with Gasteiger partial charge in [-0.25, -0.2) is 0 Å². The number of hydrogen-bond acceptors (Lipinski definition) is 3. The second-order valence-corrected chi connectivity index (χ2v) is 3.88. The number of rotatable bonds is 4. The Hall–Kier alpha value is -1.55. The molecule has 1 unspecified atom stereocenters. The molecule has 0 bridgehead atoms. The Kier molecular flexibility index (Phi) is 4.31. The van der Waals surface area contributed by atoms with Gasteiger partial charge in [0.2, 0.25) is 5.91 Å². The minimum atomic E-state index is -0.190. The lowest BCUT2D eigenvalue weighted by Crippen LogP contribution is -2.38. The van der Waals surface area contributed by atoms with Crippen LogP contribution in [0.4, 0.5) is 0 Å². The molecule has 16 heavy (non-hydrogen) atoms. The zero-order valence-electron chi connectivity index (χ0n) is 9.55. The van der Waals surface area contributed by atoms with E-state index < -0.39 is 0 Å². The third-order valence-corrected chi connectivity index (χ3v) is 2.58. The van der Waals surface area contributed by atoms with Crippen molar-refractivity contribution in [2.24, 2.45) is 0 Å². The molecule has 1 amide bonds. The zero-order chi connectivity index (χ0) is 12.1. The van der Waals surface area contributed by atoms with Gasteiger partial charge in [-0.15, -0.1) is 0 Å². The molecule has 0 saturated heterocycles. The highest BCUT2D eigenvalue weighted by Crippen LogP contribution is 2.12. The van der Waals surface area contributed by atoms with E-state index >= 15 is 0 Å². The van der Waals surface area contributed by atoms with Crippen LogP contribution in [0.1, 0.15) is 12.5 Å². The Morgan fingerprint density at radius 2 is 2.19 bits per heavy atom. The fourth-order valence-electron chi connectivity index (χ4n) is 1.33. The number of hydrogen-bond donors (Lipinski definition) is 2. The minimum Gasteiger partial charge on any atom is -0.508 e. The summed E-state index contributed by atoms with van der Waals surface area (Å²) in [5.74, 6) is 0.0790. The van der Waals surface area contributed by atoms with Crippen LogP contribution in [0.25, 0.3) is 0 Å². The molecular weight excluding hydrogens is 206 g/mol. The zero-order valence-corrected chi connectivity index (χ0v) is 9.55. The summed E-state index contributed by atoms with van der Waals surface area (Å²) in [5, 5.41) is 18.2. The summed E-state index contributed by atoms with van der Waals surface area (Å²) >= 11 is 0. The lowest BCUT2D eigenvalue weighted by Gasteiger charge is -2.23. The molecule has 1 rings (SSSR count). The molecule has 4 nitrogen and oxygen atoms in total.